The van der Waals surface area contributed by atoms with Crippen LogP contribution in [0.4, 0.5) is 26.3 Å². The van der Waals surface area contributed by atoms with E-state index < -0.39 is 12.2 Å². The summed E-state index contributed by atoms with van der Waals surface area (Å²) in [6.45, 7) is 4.49. The highest BCUT2D eigenvalue weighted by molar-refractivity contribution is 5.36. The van der Waals surface area contributed by atoms with Crippen molar-refractivity contribution in [2.75, 3.05) is 0 Å². The fraction of sp³-hybridized carbons (Fsp3) is 0.644. The molecule has 0 amide bonds. The molecule has 4 fully saturated rings. The molecule has 2 aromatic carbocycles. The summed E-state index contributed by atoms with van der Waals surface area (Å²) in [5, 5.41) is 0. The summed E-state index contributed by atoms with van der Waals surface area (Å²) in [4.78, 5) is 0. The minimum Gasteiger partial charge on any atom is -0.207 e. The molecule has 4 aliphatic carbocycles. The fourth-order valence-corrected chi connectivity index (χ4v) is 9.19. The maximum absolute atomic E-state index is 14.5. The van der Waals surface area contributed by atoms with Gasteiger partial charge in [0.15, 0.2) is 0 Å². The lowest BCUT2D eigenvalue weighted by Crippen LogP contribution is -2.16. The van der Waals surface area contributed by atoms with Crippen molar-refractivity contribution in [2.45, 2.75) is 172 Å². The molecule has 0 heterocycles. The van der Waals surface area contributed by atoms with Gasteiger partial charge in [-0.3, -0.25) is 0 Å². The molecule has 2 aromatic rings. The Labute approximate surface area is 303 Å². The molecular weight excluding hydrogens is 654 g/mol. The van der Waals surface area contributed by atoms with E-state index in [1.807, 2.05) is 24.3 Å². The Bertz CT molecular complexity index is 1440. The highest BCUT2D eigenvalue weighted by Gasteiger charge is 2.32. The first-order valence-electron chi connectivity index (χ1n) is 20.3. The maximum Gasteiger partial charge on any atom is 0.269 e. The van der Waals surface area contributed by atoms with Crippen molar-refractivity contribution < 1.29 is 26.3 Å². The molecule has 4 aliphatic rings. The third-order valence-corrected chi connectivity index (χ3v) is 12.8. The monoisotopic (exact) mass is 714 g/mol. The number of halogens is 6. The fourth-order valence-electron chi connectivity index (χ4n) is 9.19. The Kier molecular flexibility index (Phi) is 15.2. The summed E-state index contributed by atoms with van der Waals surface area (Å²) in [6, 6.07) is 11.1. The SMILES string of the molecule is CCCCCC1CCC(c2ccc(C3CC(=C(F)F)C3)c(F)c2)CC1.CCCCCCC1CCC(c2ccc(C3CC(=C(F)F)C3)c(F)c2)CC1. The molecule has 6 heteroatoms. The van der Waals surface area contributed by atoms with Gasteiger partial charge in [0, 0.05) is 0 Å². The van der Waals surface area contributed by atoms with Gasteiger partial charge in [0.25, 0.3) is 12.2 Å². The Morgan fingerprint density at radius 2 is 0.863 bits per heavy atom. The van der Waals surface area contributed by atoms with Gasteiger partial charge < -0.3 is 0 Å². The highest BCUT2D eigenvalue weighted by atomic mass is 19.3. The molecule has 0 aliphatic heterocycles. The van der Waals surface area contributed by atoms with Crippen molar-refractivity contribution in [3.05, 3.63) is 93.6 Å². The second-order valence-corrected chi connectivity index (χ2v) is 16.3. The predicted octanol–water partition coefficient (Wildman–Crippen LogP) is 15.8. The molecule has 0 aromatic heterocycles. The van der Waals surface area contributed by atoms with E-state index in [1.165, 1.54) is 83.5 Å². The van der Waals surface area contributed by atoms with Crippen LogP contribution in [0.5, 0.6) is 0 Å². The average molecular weight is 715 g/mol. The van der Waals surface area contributed by atoms with Gasteiger partial charge in [-0.05, 0) is 158 Å². The molecule has 0 atom stereocenters. The summed E-state index contributed by atoms with van der Waals surface area (Å²) in [5.74, 6) is 2.08. The molecule has 51 heavy (non-hydrogen) atoms. The molecule has 0 unspecified atom stereocenters. The molecule has 0 radical (unpaired) electrons. The van der Waals surface area contributed by atoms with Gasteiger partial charge in [0.05, 0.1) is 0 Å². The molecule has 0 N–H and O–H groups in total. The topological polar surface area (TPSA) is 0 Å². The number of allylic oxidation sites excluding steroid dienone is 2. The van der Waals surface area contributed by atoms with E-state index in [0.717, 1.165) is 48.6 Å². The third-order valence-electron chi connectivity index (χ3n) is 12.8. The van der Waals surface area contributed by atoms with Crippen molar-refractivity contribution in [1.82, 2.24) is 0 Å². The number of unbranched alkanes of at least 4 members (excludes halogenated alkanes) is 5. The number of hydrogen-bond donors (Lipinski definition) is 0. The van der Waals surface area contributed by atoms with Crippen molar-refractivity contribution in [3.8, 4) is 0 Å². The lowest BCUT2D eigenvalue weighted by molar-refractivity contribution is 0.301. The van der Waals surface area contributed by atoms with Crippen molar-refractivity contribution in [3.63, 3.8) is 0 Å². The summed E-state index contributed by atoms with van der Waals surface area (Å²) in [6.07, 6.45) is 19.7. The van der Waals surface area contributed by atoms with E-state index in [1.54, 1.807) is 12.1 Å². The second-order valence-electron chi connectivity index (χ2n) is 16.3. The number of hydrogen-bond acceptors (Lipinski definition) is 0. The molecule has 6 rings (SSSR count). The summed E-state index contributed by atoms with van der Waals surface area (Å²) in [5.41, 5.74) is 3.80. The second kappa shape index (κ2) is 19.5. The van der Waals surface area contributed by atoms with E-state index in [2.05, 4.69) is 13.8 Å². The minimum atomic E-state index is -1.58. The van der Waals surface area contributed by atoms with Crippen LogP contribution < -0.4 is 0 Å². The van der Waals surface area contributed by atoms with Gasteiger partial charge in [-0.1, -0.05) is 95.9 Å². The first-order valence-corrected chi connectivity index (χ1v) is 20.3. The van der Waals surface area contributed by atoms with Crippen molar-refractivity contribution in [1.29, 1.82) is 0 Å². The van der Waals surface area contributed by atoms with E-state index >= 15 is 0 Å². The summed E-state index contributed by atoms with van der Waals surface area (Å²) < 4.78 is 79.0. The van der Waals surface area contributed by atoms with E-state index in [0.29, 0.717) is 48.6 Å². The number of rotatable bonds is 13. The molecule has 0 nitrogen and oxygen atoms in total. The van der Waals surface area contributed by atoms with E-state index in [9.17, 15) is 26.3 Å². The van der Waals surface area contributed by atoms with Gasteiger partial charge in [-0.25, -0.2) is 8.78 Å². The smallest absolute Gasteiger partial charge is 0.207 e. The van der Waals surface area contributed by atoms with Crippen LogP contribution in [0.15, 0.2) is 59.7 Å². The van der Waals surface area contributed by atoms with Crippen LogP contribution in [0, 0.1) is 23.5 Å². The zero-order chi connectivity index (χ0) is 36.3. The van der Waals surface area contributed by atoms with Crippen LogP contribution in [-0.2, 0) is 0 Å². The molecule has 0 spiro atoms. The molecular formula is C45H60F6. The largest absolute Gasteiger partial charge is 0.269 e. The van der Waals surface area contributed by atoms with Crippen molar-refractivity contribution in [2.24, 2.45) is 11.8 Å². The standard InChI is InChI=1S/C23H31F3.C22H29F3/c1-2-3-4-5-6-16-7-9-17(10-8-16)18-11-12-21(22(24)15-18)19-13-20(14-19)23(25)26;1-2-3-4-5-15-6-8-16(9-7-15)17-10-11-20(21(23)14-17)18-12-19(13-18)22(24)25/h11-12,15-17,19H,2-10,13-14H2,1H3;10-11,14-16,18H,2-9,12-13H2,1H3. The quantitative estimate of drug-likeness (QED) is 0.143. The van der Waals surface area contributed by atoms with Crippen LogP contribution in [0.1, 0.15) is 195 Å². The Balaban J connectivity index is 0.000000198. The van der Waals surface area contributed by atoms with Crippen LogP contribution in [0.3, 0.4) is 0 Å². The third kappa shape index (κ3) is 11.0. The molecule has 0 saturated heterocycles. The van der Waals surface area contributed by atoms with E-state index in [-0.39, 0.29) is 34.6 Å². The van der Waals surface area contributed by atoms with Gasteiger partial charge in [-0.2, -0.15) is 17.6 Å². The molecule has 282 valence electrons. The highest BCUT2D eigenvalue weighted by Crippen LogP contribution is 2.47. The maximum atomic E-state index is 14.5. The van der Waals surface area contributed by atoms with Crippen LogP contribution >= 0.6 is 0 Å². The first kappa shape index (κ1) is 39.7. The Hall–Kier alpha value is -2.50. The van der Waals surface area contributed by atoms with Gasteiger partial charge in [-0.15, -0.1) is 0 Å². The minimum absolute atomic E-state index is 0.0696. The van der Waals surface area contributed by atoms with Gasteiger partial charge in [0.2, 0.25) is 0 Å². The molecule has 0 bridgehead atoms. The van der Waals surface area contributed by atoms with Crippen LogP contribution in [0.2, 0.25) is 0 Å². The first-order chi connectivity index (χ1) is 24.7. The van der Waals surface area contributed by atoms with E-state index in [4.69, 9.17) is 0 Å². The Morgan fingerprint density at radius 1 is 0.490 bits per heavy atom. The summed E-state index contributed by atoms with van der Waals surface area (Å²) >= 11 is 0. The average Bonchev–Trinajstić information content (AvgIpc) is 3.07. The predicted molar refractivity (Wildman–Crippen MR) is 198 cm³/mol. The molecule has 4 saturated carbocycles. The zero-order valence-electron chi connectivity index (χ0n) is 31.0. The van der Waals surface area contributed by atoms with Gasteiger partial charge in [0.1, 0.15) is 11.6 Å². The lowest BCUT2D eigenvalue weighted by atomic mass is 9.74. The summed E-state index contributed by atoms with van der Waals surface area (Å²) in [7, 11) is 0. The Morgan fingerprint density at radius 3 is 1.22 bits per heavy atom. The normalized spacial score (nSPS) is 26.1. The number of benzene rings is 2. The van der Waals surface area contributed by atoms with Crippen molar-refractivity contribution >= 4 is 0 Å². The van der Waals surface area contributed by atoms with Crippen LogP contribution in [0.25, 0.3) is 0 Å². The van der Waals surface area contributed by atoms with Gasteiger partial charge >= 0.3 is 0 Å². The lowest BCUT2D eigenvalue weighted by Gasteiger charge is -2.31. The van der Waals surface area contributed by atoms with Crippen LogP contribution in [-0.4, -0.2) is 0 Å². The zero-order valence-corrected chi connectivity index (χ0v) is 31.0.